The van der Waals surface area contributed by atoms with Crippen LogP contribution >= 0.6 is 24.0 Å². The molecule has 2 unspecified atom stereocenters. The molecule has 0 aromatic carbocycles. The Morgan fingerprint density at radius 3 is 2.65 bits per heavy atom. The highest BCUT2D eigenvalue weighted by Crippen LogP contribution is 2.47. The van der Waals surface area contributed by atoms with E-state index in [1.807, 2.05) is 0 Å². The third-order valence-corrected chi connectivity index (χ3v) is 5.03. The number of nitrogens with zero attached hydrogens (tertiary/aromatic N) is 1. The molecule has 0 aromatic rings. The van der Waals surface area contributed by atoms with Gasteiger partial charge in [0.05, 0.1) is 12.6 Å². The molecule has 5 heteroatoms. The second-order valence-electron chi connectivity index (χ2n) is 6.86. The standard InChI is InChI=1S/C15H27N3O.HI/c1-15(8-9-19-13(15)11-6-7-11)10-17-14(16)18-12-4-2-3-5-12;/h11-13H,2-10H2,1H3,(H3,16,17,18);1H. The molecule has 3 aliphatic rings. The van der Waals surface area contributed by atoms with Crippen molar-refractivity contribution in [3.8, 4) is 0 Å². The quantitative estimate of drug-likeness (QED) is 0.439. The molecular formula is C15H28IN3O. The second-order valence-corrected chi connectivity index (χ2v) is 6.86. The average Bonchev–Trinajstić information content (AvgIpc) is 2.96. The Morgan fingerprint density at radius 2 is 2.00 bits per heavy atom. The minimum absolute atomic E-state index is 0. The minimum Gasteiger partial charge on any atom is -0.377 e. The number of hydrogen-bond acceptors (Lipinski definition) is 2. The van der Waals surface area contributed by atoms with Crippen LogP contribution in [0.25, 0.3) is 0 Å². The van der Waals surface area contributed by atoms with E-state index in [9.17, 15) is 0 Å². The summed E-state index contributed by atoms with van der Waals surface area (Å²) in [7, 11) is 0. The van der Waals surface area contributed by atoms with Crippen LogP contribution in [-0.4, -0.2) is 31.3 Å². The van der Waals surface area contributed by atoms with E-state index in [0.717, 1.165) is 25.5 Å². The van der Waals surface area contributed by atoms with E-state index < -0.39 is 0 Å². The lowest BCUT2D eigenvalue weighted by atomic mass is 9.81. The van der Waals surface area contributed by atoms with Crippen LogP contribution in [0.3, 0.4) is 0 Å². The van der Waals surface area contributed by atoms with Gasteiger partial charge in [0.25, 0.3) is 0 Å². The average molecular weight is 393 g/mol. The van der Waals surface area contributed by atoms with Gasteiger partial charge in [-0.2, -0.15) is 0 Å². The van der Waals surface area contributed by atoms with Crippen molar-refractivity contribution >= 4 is 29.9 Å². The smallest absolute Gasteiger partial charge is 0.188 e. The van der Waals surface area contributed by atoms with Crippen LogP contribution < -0.4 is 11.1 Å². The summed E-state index contributed by atoms with van der Waals surface area (Å²) in [6.07, 6.45) is 9.31. The van der Waals surface area contributed by atoms with Crippen molar-refractivity contribution in [2.45, 2.75) is 64.0 Å². The third kappa shape index (κ3) is 3.78. The number of aliphatic imine (C=N–C) groups is 1. The van der Waals surface area contributed by atoms with Gasteiger partial charge < -0.3 is 15.8 Å². The Balaban J connectivity index is 0.00000147. The Labute approximate surface area is 139 Å². The molecule has 2 aliphatic carbocycles. The lowest BCUT2D eigenvalue weighted by Gasteiger charge is -2.28. The molecule has 0 radical (unpaired) electrons. The van der Waals surface area contributed by atoms with Crippen molar-refractivity contribution in [2.75, 3.05) is 13.2 Å². The van der Waals surface area contributed by atoms with Gasteiger partial charge >= 0.3 is 0 Å². The van der Waals surface area contributed by atoms with Crippen LogP contribution in [0.15, 0.2) is 4.99 Å². The van der Waals surface area contributed by atoms with Crippen molar-refractivity contribution in [3.63, 3.8) is 0 Å². The first-order valence-corrected chi connectivity index (χ1v) is 7.85. The van der Waals surface area contributed by atoms with Crippen LogP contribution in [0.5, 0.6) is 0 Å². The molecule has 4 nitrogen and oxygen atoms in total. The Bertz CT molecular complexity index is 353. The topological polar surface area (TPSA) is 59.6 Å². The third-order valence-electron chi connectivity index (χ3n) is 5.03. The molecular weight excluding hydrogens is 365 g/mol. The van der Waals surface area contributed by atoms with E-state index in [1.165, 1.54) is 38.5 Å². The minimum atomic E-state index is 0. The SMILES string of the molecule is CC1(CN=C(N)NC2CCCC2)CCOC1C1CC1.I. The van der Waals surface area contributed by atoms with E-state index in [-0.39, 0.29) is 29.4 Å². The number of nitrogens with two attached hydrogens (primary N) is 1. The summed E-state index contributed by atoms with van der Waals surface area (Å²) in [6.45, 7) is 4.01. The van der Waals surface area contributed by atoms with E-state index in [4.69, 9.17) is 10.5 Å². The van der Waals surface area contributed by atoms with Crippen molar-refractivity contribution in [2.24, 2.45) is 22.1 Å². The van der Waals surface area contributed by atoms with E-state index >= 15 is 0 Å². The predicted molar refractivity (Wildman–Crippen MR) is 92.5 cm³/mol. The summed E-state index contributed by atoms with van der Waals surface area (Å²) in [5.74, 6) is 1.42. The van der Waals surface area contributed by atoms with Gasteiger partial charge in [0.1, 0.15) is 0 Å². The largest absolute Gasteiger partial charge is 0.377 e. The predicted octanol–water partition coefficient (Wildman–Crippen LogP) is 2.66. The number of guanidine groups is 1. The zero-order chi connectivity index (χ0) is 13.3. The maximum absolute atomic E-state index is 6.03. The monoisotopic (exact) mass is 393 g/mol. The van der Waals surface area contributed by atoms with Gasteiger partial charge in [-0.1, -0.05) is 19.8 Å². The van der Waals surface area contributed by atoms with Crippen LogP contribution in [0.1, 0.15) is 51.9 Å². The van der Waals surface area contributed by atoms with Crippen LogP contribution in [0, 0.1) is 11.3 Å². The first-order valence-electron chi connectivity index (χ1n) is 7.85. The number of ether oxygens (including phenoxy) is 1. The van der Waals surface area contributed by atoms with Gasteiger partial charge in [-0.3, -0.25) is 4.99 Å². The zero-order valence-corrected chi connectivity index (χ0v) is 14.8. The summed E-state index contributed by atoms with van der Waals surface area (Å²) in [5.41, 5.74) is 6.22. The first-order chi connectivity index (χ1) is 9.17. The van der Waals surface area contributed by atoms with Gasteiger partial charge in [0, 0.05) is 18.1 Å². The van der Waals surface area contributed by atoms with E-state index in [2.05, 4.69) is 17.2 Å². The molecule has 1 saturated heterocycles. The lowest BCUT2D eigenvalue weighted by Crippen LogP contribution is -2.40. The lowest BCUT2D eigenvalue weighted by molar-refractivity contribution is 0.0425. The Hall–Kier alpha value is -0.0400. The van der Waals surface area contributed by atoms with E-state index in [1.54, 1.807) is 0 Å². The molecule has 116 valence electrons. The zero-order valence-electron chi connectivity index (χ0n) is 12.4. The number of hydrogen-bond donors (Lipinski definition) is 2. The number of rotatable bonds is 4. The summed E-state index contributed by atoms with van der Waals surface area (Å²) in [5, 5.41) is 3.37. The normalized spacial score (nSPS) is 35.0. The highest BCUT2D eigenvalue weighted by atomic mass is 127. The molecule has 20 heavy (non-hydrogen) atoms. The molecule has 0 spiro atoms. The van der Waals surface area contributed by atoms with Crippen LogP contribution in [-0.2, 0) is 4.74 Å². The molecule has 1 heterocycles. The number of nitrogens with one attached hydrogen (secondary N) is 1. The molecule has 2 atom stereocenters. The fourth-order valence-electron chi connectivity index (χ4n) is 3.63. The molecule has 0 amide bonds. The van der Waals surface area contributed by atoms with Crippen molar-refractivity contribution in [1.82, 2.24) is 5.32 Å². The molecule has 1 aliphatic heterocycles. The van der Waals surface area contributed by atoms with E-state index in [0.29, 0.717) is 18.1 Å². The fourth-order valence-corrected chi connectivity index (χ4v) is 3.63. The molecule has 3 N–H and O–H groups in total. The van der Waals surface area contributed by atoms with Gasteiger partial charge in [-0.05, 0) is 38.0 Å². The Morgan fingerprint density at radius 1 is 1.30 bits per heavy atom. The summed E-state index contributed by atoms with van der Waals surface area (Å²) < 4.78 is 5.93. The van der Waals surface area contributed by atoms with Crippen molar-refractivity contribution in [1.29, 1.82) is 0 Å². The molecule has 0 bridgehead atoms. The van der Waals surface area contributed by atoms with Crippen LogP contribution in [0.4, 0.5) is 0 Å². The van der Waals surface area contributed by atoms with Crippen LogP contribution in [0.2, 0.25) is 0 Å². The number of halogens is 1. The highest BCUT2D eigenvalue weighted by Gasteiger charge is 2.47. The van der Waals surface area contributed by atoms with Crippen molar-refractivity contribution in [3.05, 3.63) is 0 Å². The molecule has 2 saturated carbocycles. The van der Waals surface area contributed by atoms with Gasteiger partial charge in [-0.15, -0.1) is 24.0 Å². The van der Waals surface area contributed by atoms with Gasteiger partial charge in [0.15, 0.2) is 5.96 Å². The van der Waals surface area contributed by atoms with Gasteiger partial charge in [-0.25, -0.2) is 0 Å². The molecule has 3 rings (SSSR count). The summed E-state index contributed by atoms with van der Waals surface area (Å²) in [6, 6.07) is 0.551. The first kappa shape index (κ1) is 16.3. The fraction of sp³-hybridized carbons (Fsp3) is 0.933. The molecule has 3 fully saturated rings. The summed E-state index contributed by atoms with van der Waals surface area (Å²) in [4.78, 5) is 4.61. The van der Waals surface area contributed by atoms with Crippen molar-refractivity contribution < 1.29 is 4.74 Å². The second kappa shape index (κ2) is 6.81. The maximum Gasteiger partial charge on any atom is 0.188 e. The maximum atomic E-state index is 6.03. The highest BCUT2D eigenvalue weighted by molar-refractivity contribution is 14.0. The summed E-state index contributed by atoms with van der Waals surface area (Å²) >= 11 is 0. The molecule has 0 aromatic heterocycles. The van der Waals surface area contributed by atoms with Gasteiger partial charge in [0.2, 0.25) is 0 Å². The Kier molecular flexibility index (Phi) is 5.56.